The molecule has 130 valence electrons. The lowest BCUT2D eigenvalue weighted by Gasteiger charge is -2.05. The van der Waals surface area contributed by atoms with E-state index >= 15 is 0 Å². The third-order valence-electron chi connectivity index (χ3n) is 3.79. The Morgan fingerprint density at radius 1 is 1.32 bits per heavy atom. The molecule has 0 bridgehead atoms. The molecule has 0 atom stereocenters. The van der Waals surface area contributed by atoms with Crippen LogP contribution in [-0.2, 0) is 23.0 Å². The molecule has 3 aromatic rings. The molecule has 0 spiro atoms. The first-order chi connectivity index (χ1) is 12.0. The van der Waals surface area contributed by atoms with Crippen LogP contribution in [0.2, 0.25) is 0 Å². The van der Waals surface area contributed by atoms with Crippen molar-refractivity contribution >= 4 is 33.4 Å². The summed E-state index contributed by atoms with van der Waals surface area (Å²) in [4.78, 5) is 28.2. The van der Waals surface area contributed by atoms with Gasteiger partial charge in [0.25, 0.3) is 5.91 Å². The van der Waals surface area contributed by atoms with Crippen molar-refractivity contribution in [1.82, 2.24) is 20.1 Å². The number of rotatable bonds is 6. The van der Waals surface area contributed by atoms with Gasteiger partial charge in [0.05, 0.1) is 21.4 Å². The molecule has 3 rings (SSSR count). The number of nitrogens with zero attached hydrogens (tertiary/aromatic N) is 3. The quantitative estimate of drug-likeness (QED) is 0.680. The number of aryl methyl sites for hydroxylation is 1. The molecule has 0 aliphatic rings. The zero-order chi connectivity index (χ0) is 17.8. The maximum absolute atomic E-state index is 11.9. The number of benzene rings is 1. The van der Waals surface area contributed by atoms with Gasteiger partial charge in [-0.2, -0.15) is 5.10 Å². The zero-order valence-electron chi connectivity index (χ0n) is 14.0. The van der Waals surface area contributed by atoms with E-state index in [1.807, 2.05) is 24.3 Å². The maximum atomic E-state index is 11.9. The standard InChI is InChI=1S/C17H18N4O3S/c1-11-12(9-19-21(11)2)17(23)24-10-15(22)18-8-7-16-20-13-5-3-4-6-14(13)25-16/h3-6,9H,7-8,10H2,1-2H3,(H,18,22). The number of aromatic nitrogens is 3. The number of thiazole rings is 1. The third-order valence-corrected chi connectivity index (χ3v) is 4.88. The summed E-state index contributed by atoms with van der Waals surface area (Å²) >= 11 is 1.61. The summed E-state index contributed by atoms with van der Waals surface area (Å²) in [5, 5.41) is 7.67. The minimum atomic E-state index is -0.549. The molecule has 1 N–H and O–H groups in total. The molecule has 1 amide bonds. The highest BCUT2D eigenvalue weighted by Gasteiger charge is 2.15. The molecular formula is C17H18N4O3S. The SMILES string of the molecule is Cc1c(C(=O)OCC(=O)NCCc2nc3ccccc3s2)cnn1C. The lowest BCUT2D eigenvalue weighted by molar-refractivity contribution is -0.124. The summed E-state index contributed by atoms with van der Waals surface area (Å²) in [7, 11) is 1.74. The number of carbonyl (C=O) groups is 2. The van der Waals surface area contributed by atoms with E-state index in [0.29, 0.717) is 24.2 Å². The van der Waals surface area contributed by atoms with Crippen LogP contribution in [-0.4, -0.2) is 39.8 Å². The van der Waals surface area contributed by atoms with Gasteiger partial charge >= 0.3 is 5.97 Å². The average Bonchev–Trinajstić information content (AvgIpc) is 3.16. The van der Waals surface area contributed by atoms with Gasteiger partial charge in [0, 0.05) is 25.7 Å². The molecule has 0 radical (unpaired) electrons. The number of ether oxygens (including phenoxy) is 1. The van der Waals surface area contributed by atoms with Gasteiger partial charge in [0.1, 0.15) is 5.56 Å². The van der Waals surface area contributed by atoms with E-state index < -0.39 is 5.97 Å². The summed E-state index contributed by atoms with van der Waals surface area (Å²) in [6, 6.07) is 7.92. The number of hydrogen-bond donors (Lipinski definition) is 1. The van der Waals surface area contributed by atoms with Crippen molar-refractivity contribution in [3.8, 4) is 0 Å². The second-order valence-corrected chi connectivity index (χ2v) is 6.63. The Morgan fingerprint density at radius 3 is 2.84 bits per heavy atom. The number of fused-ring (bicyclic) bond motifs is 1. The van der Waals surface area contributed by atoms with Gasteiger partial charge in [-0.05, 0) is 19.1 Å². The van der Waals surface area contributed by atoms with E-state index in [1.54, 1.807) is 30.0 Å². The number of nitrogens with one attached hydrogen (secondary N) is 1. The summed E-state index contributed by atoms with van der Waals surface area (Å²) in [5.74, 6) is -0.886. The summed E-state index contributed by atoms with van der Waals surface area (Å²) in [5.41, 5.74) is 2.03. The number of amides is 1. The molecule has 2 aromatic heterocycles. The van der Waals surface area contributed by atoms with Gasteiger partial charge in [-0.1, -0.05) is 12.1 Å². The van der Waals surface area contributed by atoms with Crippen molar-refractivity contribution in [3.05, 3.63) is 46.7 Å². The largest absolute Gasteiger partial charge is 0.452 e. The normalized spacial score (nSPS) is 10.8. The Labute approximate surface area is 148 Å². The lowest BCUT2D eigenvalue weighted by atomic mass is 10.3. The minimum absolute atomic E-state index is 0.312. The van der Waals surface area contributed by atoms with Crippen LogP contribution in [0.1, 0.15) is 21.1 Å². The third kappa shape index (κ3) is 4.03. The van der Waals surface area contributed by atoms with Crippen molar-refractivity contribution in [1.29, 1.82) is 0 Å². The highest BCUT2D eigenvalue weighted by Crippen LogP contribution is 2.21. The first kappa shape index (κ1) is 17.1. The van der Waals surface area contributed by atoms with Crippen molar-refractivity contribution in [2.24, 2.45) is 7.05 Å². The first-order valence-corrected chi connectivity index (χ1v) is 8.63. The molecule has 25 heavy (non-hydrogen) atoms. The van der Waals surface area contributed by atoms with Gasteiger partial charge in [-0.25, -0.2) is 9.78 Å². The van der Waals surface area contributed by atoms with Crippen molar-refractivity contribution < 1.29 is 14.3 Å². The highest BCUT2D eigenvalue weighted by atomic mass is 32.1. The number of carbonyl (C=O) groups excluding carboxylic acids is 2. The molecule has 0 fully saturated rings. The van der Waals surface area contributed by atoms with E-state index in [1.165, 1.54) is 6.20 Å². The summed E-state index contributed by atoms with van der Waals surface area (Å²) in [6.45, 7) is 1.90. The van der Waals surface area contributed by atoms with Crippen molar-refractivity contribution in [2.75, 3.05) is 13.2 Å². The highest BCUT2D eigenvalue weighted by molar-refractivity contribution is 7.18. The Hall–Kier alpha value is -2.74. The topological polar surface area (TPSA) is 86.1 Å². The summed E-state index contributed by atoms with van der Waals surface area (Å²) < 4.78 is 7.72. The van der Waals surface area contributed by atoms with Crippen molar-refractivity contribution in [3.63, 3.8) is 0 Å². The molecular weight excluding hydrogens is 340 g/mol. The van der Waals surface area contributed by atoms with Gasteiger partial charge in [0.2, 0.25) is 0 Å². The number of hydrogen-bond acceptors (Lipinski definition) is 6. The average molecular weight is 358 g/mol. The van der Waals surface area contributed by atoms with E-state index in [-0.39, 0.29) is 12.5 Å². The molecule has 7 nitrogen and oxygen atoms in total. The van der Waals surface area contributed by atoms with Crippen LogP contribution in [0.15, 0.2) is 30.5 Å². The fourth-order valence-corrected chi connectivity index (χ4v) is 3.26. The van der Waals surface area contributed by atoms with Crippen LogP contribution in [0.4, 0.5) is 0 Å². The maximum Gasteiger partial charge on any atom is 0.342 e. The van der Waals surface area contributed by atoms with Gasteiger partial charge < -0.3 is 10.1 Å². The minimum Gasteiger partial charge on any atom is -0.452 e. The lowest BCUT2D eigenvalue weighted by Crippen LogP contribution is -2.30. The molecule has 0 unspecified atom stereocenters. The predicted molar refractivity (Wildman–Crippen MR) is 94.6 cm³/mol. The van der Waals surface area contributed by atoms with Crippen LogP contribution < -0.4 is 5.32 Å². The molecule has 0 aliphatic heterocycles. The van der Waals surface area contributed by atoms with Crippen LogP contribution in [0.25, 0.3) is 10.2 Å². The van der Waals surface area contributed by atoms with E-state index in [9.17, 15) is 9.59 Å². The Balaban J connectivity index is 1.43. The monoisotopic (exact) mass is 358 g/mol. The fraction of sp³-hybridized carbons (Fsp3) is 0.294. The number of para-hydroxylation sites is 1. The second-order valence-electron chi connectivity index (χ2n) is 5.52. The van der Waals surface area contributed by atoms with E-state index in [0.717, 1.165) is 15.2 Å². The summed E-state index contributed by atoms with van der Waals surface area (Å²) in [6.07, 6.45) is 2.07. The van der Waals surface area contributed by atoms with Crippen LogP contribution in [0, 0.1) is 6.92 Å². The van der Waals surface area contributed by atoms with Gasteiger partial charge in [-0.15, -0.1) is 11.3 Å². The van der Waals surface area contributed by atoms with Crippen molar-refractivity contribution in [2.45, 2.75) is 13.3 Å². The molecule has 8 heteroatoms. The van der Waals surface area contributed by atoms with Crippen LogP contribution in [0.5, 0.6) is 0 Å². The molecule has 0 saturated carbocycles. The molecule has 1 aromatic carbocycles. The van der Waals surface area contributed by atoms with Crippen LogP contribution >= 0.6 is 11.3 Å². The smallest absolute Gasteiger partial charge is 0.342 e. The van der Waals surface area contributed by atoms with Gasteiger partial charge in [-0.3, -0.25) is 9.48 Å². The zero-order valence-corrected chi connectivity index (χ0v) is 14.8. The molecule has 0 saturated heterocycles. The molecule has 0 aliphatic carbocycles. The second kappa shape index (κ2) is 7.43. The molecule has 2 heterocycles. The Morgan fingerprint density at radius 2 is 2.12 bits per heavy atom. The predicted octanol–water partition coefficient (Wildman–Crippen LogP) is 1.85. The first-order valence-electron chi connectivity index (χ1n) is 7.81. The Bertz CT molecular complexity index is 883. The van der Waals surface area contributed by atoms with Gasteiger partial charge in [0.15, 0.2) is 6.61 Å². The van der Waals surface area contributed by atoms with E-state index in [4.69, 9.17) is 4.74 Å². The fourth-order valence-electron chi connectivity index (χ4n) is 2.29. The number of esters is 1. The van der Waals surface area contributed by atoms with E-state index in [2.05, 4.69) is 15.4 Å². The Kier molecular flexibility index (Phi) is 5.08. The van der Waals surface area contributed by atoms with Crippen LogP contribution in [0.3, 0.4) is 0 Å².